The number of amides is 2. The van der Waals surface area contributed by atoms with Crippen LogP contribution in [0.25, 0.3) is 0 Å². The fourth-order valence-corrected chi connectivity index (χ4v) is 1.55. The molecular weight excluding hydrogens is 242 g/mol. The van der Waals surface area contributed by atoms with Crippen LogP contribution in [0.1, 0.15) is 53.4 Å². The van der Waals surface area contributed by atoms with Crippen molar-refractivity contribution in [3.63, 3.8) is 0 Å². The lowest BCUT2D eigenvalue weighted by Crippen LogP contribution is -2.42. The first kappa shape index (κ1) is 17.9. The molecule has 0 spiro atoms. The Morgan fingerprint density at radius 1 is 1.26 bits per heavy atom. The van der Waals surface area contributed by atoms with Crippen molar-refractivity contribution in [3.05, 3.63) is 0 Å². The maximum absolute atomic E-state index is 11.7. The van der Waals surface area contributed by atoms with Gasteiger partial charge in [-0.3, -0.25) is 9.59 Å². The van der Waals surface area contributed by atoms with E-state index in [0.717, 1.165) is 19.3 Å². The number of hydrogen-bond donors (Lipinski definition) is 3. The van der Waals surface area contributed by atoms with Gasteiger partial charge in [-0.2, -0.15) is 0 Å². The first-order valence-corrected chi connectivity index (χ1v) is 7.09. The Morgan fingerprint density at radius 3 is 2.37 bits per heavy atom. The van der Waals surface area contributed by atoms with Crippen LogP contribution in [0.2, 0.25) is 0 Å². The maximum Gasteiger partial charge on any atom is 0.225 e. The number of carbonyl (C=O) groups excluding carboxylic acids is 2. The normalized spacial score (nSPS) is 12.9. The molecule has 0 fully saturated rings. The highest BCUT2D eigenvalue weighted by Crippen LogP contribution is 2.12. The van der Waals surface area contributed by atoms with Gasteiger partial charge in [0.2, 0.25) is 11.8 Å². The van der Waals surface area contributed by atoms with Crippen LogP contribution >= 0.6 is 0 Å². The molecule has 5 heteroatoms. The van der Waals surface area contributed by atoms with E-state index in [2.05, 4.69) is 17.6 Å². The summed E-state index contributed by atoms with van der Waals surface area (Å²) in [6.07, 6.45) is 3.36. The van der Waals surface area contributed by atoms with Gasteiger partial charge in [-0.1, -0.05) is 40.5 Å². The summed E-state index contributed by atoms with van der Waals surface area (Å²) in [4.78, 5) is 23.3. The lowest BCUT2D eigenvalue weighted by atomic mass is 9.96. The minimum absolute atomic E-state index is 0.0401. The van der Waals surface area contributed by atoms with Crippen LogP contribution < -0.4 is 16.4 Å². The molecule has 112 valence electrons. The van der Waals surface area contributed by atoms with Crippen molar-refractivity contribution in [2.45, 2.75) is 59.4 Å². The summed E-state index contributed by atoms with van der Waals surface area (Å²) >= 11 is 0. The average molecular weight is 271 g/mol. The number of nitrogens with two attached hydrogens (primary N) is 1. The van der Waals surface area contributed by atoms with Gasteiger partial charge >= 0.3 is 0 Å². The maximum atomic E-state index is 11.7. The Kier molecular flexibility index (Phi) is 8.39. The molecule has 0 aliphatic carbocycles. The van der Waals surface area contributed by atoms with Crippen molar-refractivity contribution >= 4 is 11.8 Å². The summed E-state index contributed by atoms with van der Waals surface area (Å²) in [5, 5.41) is 5.66. The smallest absolute Gasteiger partial charge is 0.225 e. The number of unbranched alkanes of at least 4 members (excludes halogenated alkanes) is 1. The van der Waals surface area contributed by atoms with Crippen molar-refractivity contribution in [2.24, 2.45) is 11.1 Å². The van der Waals surface area contributed by atoms with Gasteiger partial charge in [-0.25, -0.2) is 0 Å². The molecule has 0 aromatic heterocycles. The van der Waals surface area contributed by atoms with Crippen LogP contribution in [0, 0.1) is 5.41 Å². The molecule has 0 aliphatic heterocycles. The van der Waals surface area contributed by atoms with Gasteiger partial charge in [0, 0.05) is 31.0 Å². The molecule has 0 aromatic carbocycles. The highest BCUT2D eigenvalue weighted by atomic mass is 16.2. The molecule has 1 unspecified atom stereocenters. The molecule has 19 heavy (non-hydrogen) atoms. The van der Waals surface area contributed by atoms with Crippen LogP contribution in [0.3, 0.4) is 0 Å². The van der Waals surface area contributed by atoms with E-state index in [4.69, 9.17) is 5.73 Å². The predicted molar refractivity (Wildman–Crippen MR) is 77.6 cm³/mol. The molecule has 4 N–H and O–H groups in total. The van der Waals surface area contributed by atoms with E-state index in [9.17, 15) is 9.59 Å². The van der Waals surface area contributed by atoms with E-state index in [1.165, 1.54) is 0 Å². The van der Waals surface area contributed by atoms with E-state index < -0.39 is 5.41 Å². The monoisotopic (exact) mass is 271 g/mol. The highest BCUT2D eigenvalue weighted by Gasteiger charge is 2.20. The van der Waals surface area contributed by atoms with Crippen LogP contribution in [0.15, 0.2) is 0 Å². The molecule has 0 saturated carbocycles. The Morgan fingerprint density at radius 2 is 1.89 bits per heavy atom. The summed E-state index contributed by atoms with van der Waals surface area (Å²) in [6.45, 7) is 8.47. The quantitative estimate of drug-likeness (QED) is 0.619. The van der Waals surface area contributed by atoms with Crippen molar-refractivity contribution in [1.29, 1.82) is 0 Å². The summed E-state index contributed by atoms with van der Waals surface area (Å²) < 4.78 is 0. The number of nitrogens with one attached hydrogen (secondary N) is 2. The Labute approximate surface area is 116 Å². The molecule has 0 radical (unpaired) electrons. The van der Waals surface area contributed by atoms with Crippen LogP contribution in [-0.2, 0) is 9.59 Å². The van der Waals surface area contributed by atoms with Gasteiger partial charge < -0.3 is 16.4 Å². The van der Waals surface area contributed by atoms with E-state index >= 15 is 0 Å². The SMILES string of the molecule is CCCCC(CN)NC(=O)CCNC(=O)C(C)(C)C. The lowest BCUT2D eigenvalue weighted by molar-refractivity contribution is -0.128. The second kappa shape index (κ2) is 8.91. The van der Waals surface area contributed by atoms with Crippen LogP contribution in [0.5, 0.6) is 0 Å². The Bertz CT molecular complexity index is 285. The standard InChI is InChI=1S/C14H29N3O2/c1-5-6-7-11(10-15)17-12(18)8-9-16-13(19)14(2,3)4/h11H,5-10,15H2,1-4H3,(H,16,19)(H,17,18). The van der Waals surface area contributed by atoms with Crippen molar-refractivity contribution in [3.8, 4) is 0 Å². The molecular formula is C14H29N3O2. The average Bonchev–Trinajstić information content (AvgIpc) is 2.33. The van der Waals surface area contributed by atoms with E-state index in [-0.39, 0.29) is 17.9 Å². The van der Waals surface area contributed by atoms with Gasteiger partial charge in [-0.15, -0.1) is 0 Å². The topological polar surface area (TPSA) is 84.2 Å². The number of rotatable bonds is 8. The summed E-state index contributed by atoms with van der Waals surface area (Å²) in [5.41, 5.74) is 5.19. The first-order chi connectivity index (χ1) is 8.81. The fraction of sp³-hybridized carbons (Fsp3) is 0.857. The van der Waals surface area contributed by atoms with Gasteiger partial charge in [0.25, 0.3) is 0 Å². The Hall–Kier alpha value is -1.10. The van der Waals surface area contributed by atoms with Gasteiger partial charge in [0.15, 0.2) is 0 Å². The van der Waals surface area contributed by atoms with Crippen LogP contribution in [-0.4, -0.2) is 30.9 Å². The predicted octanol–water partition coefficient (Wildman–Crippen LogP) is 1.17. The van der Waals surface area contributed by atoms with Crippen molar-refractivity contribution < 1.29 is 9.59 Å². The first-order valence-electron chi connectivity index (χ1n) is 7.09. The molecule has 0 aromatic rings. The second-order valence-corrected chi connectivity index (χ2v) is 5.90. The third-order valence-electron chi connectivity index (χ3n) is 2.87. The number of hydrogen-bond acceptors (Lipinski definition) is 3. The zero-order valence-electron chi connectivity index (χ0n) is 12.7. The van der Waals surface area contributed by atoms with E-state index in [0.29, 0.717) is 19.5 Å². The Balaban J connectivity index is 3.89. The van der Waals surface area contributed by atoms with Gasteiger partial charge in [-0.05, 0) is 6.42 Å². The summed E-state index contributed by atoms with van der Waals surface area (Å²) in [7, 11) is 0. The largest absolute Gasteiger partial charge is 0.355 e. The third kappa shape index (κ3) is 8.59. The number of carbonyl (C=O) groups is 2. The zero-order chi connectivity index (χ0) is 14.9. The molecule has 1 atom stereocenters. The highest BCUT2D eigenvalue weighted by molar-refractivity contribution is 5.82. The van der Waals surface area contributed by atoms with Crippen molar-refractivity contribution in [1.82, 2.24) is 10.6 Å². The van der Waals surface area contributed by atoms with Gasteiger partial charge in [0.1, 0.15) is 0 Å². The van der Waals surface area contributed by atoms with E-state index in [1.54, 1.807) is 0 Å². The van der Waals surface area contributed by atoms with Crippen molar-refractivity contribution in [2.75, 3.05) is 13.1 Å². The molecule has 2 amide bonds. The minimum atomic E-state index is -0.419. The molecule has 0 rings (SSSR count). The van der Waals surface area contributed by atoms with Crippen LogP contribution in [0.4, 0.5) is 0 Å². The molecule has 5 nitrogen and oxygen atoms in total. The molecule has 0 heterocycles. The minimum Gasteiger partial charge on any atom is -0.355 e. The second-order valence-electron chi connectivity index (χ2n) is 5.90. The molecule has 0 aliphatic rings. The molecule has 0 saturated heterocycles. The third-order valence-corrected chi connectivity index (χ3v) is 2.87. The molecule has 0 bridgehead atoms. The summed E-state index contributed by atoms with van der Waals surface area (Å²) in [6, 6.07) is 0.0470. The lowest BCUT2D eigenvalue weighted by Gasteiger charge is -2.19. The zero-order valence-corrected chi connectivity index (χ0v) is 12.7. The van der Waals surface area contributed by atoms with Gasteiger partial charge in [0.05, 0.1) is 0 Å². The fourth-order valence-electron chi connectivity index (χ4n) is 1.55. The summed E-state index contributed by atoms with van der Waals surface area (Å²) in [5.74, 6) is -0.0950. The van der Waals surface area contributed by atoms with E-state index in [1.807, 2.05) is 20.8 Å².